The summed E-state index contributed by atoms with van der Waals surface area (Å²) in [7, 11) is 0. The van der Waals surface area contributed by atoms with Crippen molar-refractivity contribution in [3.63, 3.8) is 0 Å². The van der Waals surface area contributed by atoms with Crippen molar-refractivity contribution in [2.75, 3.05) is 6.61 Å². The molecule has 1 spiro atoms. The Morgan fingerprint density at radius 1 is 1.36 bits per heavy atom. The first-order valence-electron chi connectivity index (χ1n) is 4.60. The van der Waals surface area contributed by atoms with Crippen LogP contribution in [0.1, 0.15) is 25.7 Å². The molecule has 1 heterocycles. The molecular weight excluding hydrogens is 204 g/mol. The van der Waals surface area contributed by atoms with Gasteiger partial charge in [0.1, 0.15) is 0 Å². The summed E-state index contributed by atoms with van der Waals surface area (Å²) in [5.74, 6) is 0.857. The van der Waals surface area contributed by atoms with Crippen LogP contribution in [-0.4, -0.2) is 17.5 Å². The van der Waals surface area contributed by atoms with Crippen LogP contribution in [0.3, 0.4) is 0 Å². The molecule has 3 fully saturated rings. The van der Waals surface area contributed by atoms with Crippen LogP contribution < -0.4 is 0 Å². The number of hydrogen-bond donors (Lipinski definition) is 0. The van der Waals surface area contributed by atoms with E-state index >= 15 is 0 Å². The Morgan fingerprint density at radius 3 is 2.82 bits per heavy atom. The lowest BCUT2D eigenvalue weighted by atomic mass is 9.50. The predicted molar refractivity (Wildman–Crippen MR) is 46.8 cm³/mol. The maximum absolute atomic E-state index is 5.75. The molecule has 0 radical (unpaired) electrons. The van der Waals surface area contributed by atoms with Gasteiger partial charge in [-0.15, -0.1) is 0 Å². The Morgan fingerprint density at radius 2 is 2.18 bits per heavy atom. The second-order valence-corrected chi connectivity index (χ2v) is 5.22. The van der Waals surface area contributed by atoms with Crippen molar-refractivity contribution in [3.8, 4) is 0 Å². The fraction of sp³-hybridized carbons (Fsp3) is 1.00. The lowest BCUT2D eigenvalue weighted by molar-refractivity contribution is -0.137. The highest BCUT2D eigenvalue weighted by Crippen LogP contribution is 2.65. The third-order valence-electron chi connectivity index (χ3n) is 3.91. The van der Waals surface area contributed by atoms with Gasteiger partial charge in [0.15, 0.2) is 0 Å². The molecule has 11 heavy (non-hydrogen) atoms. The molecule has 0 aromatic rings. The van der Waals surface area contributed by atoms with Gasteiger partial charge in [0, 0.05) is 22.8 Å². The number of halogens is 1. The molecule has 3 atom stereocenters. The first kappa shape index (κ1) is 6.90. The van der Waals surface area contributed by atoms with Gasteiger partial charge in [0.05, 0.1) is 6.10 Å². The summed E-state index contributed by atoms with van der Waals surface area (Å²) < 4.78 is 5.75. The van der Waals surface area contributed by atoms with Gasteiger partial charge < -0.3 is 4.74 Å². The van der Waals surface area contributed by atoms with Crippen molar-refractivity contribution in [1.82, 2.24) is 0 Å². The van der Waals surface area contributed by atoms with Gasteiger partial charge >= 0.3 is 0 Å². The van der Waals surface area contributed by atoms with Gasteiger partial charge in [-0.3, -0.25) is 0 Å². The maximum Gasteiger partial charge on any atom is 0.0681 e. The number of hydrogen-bond acceptors (Lipinski definition) is 1. The van der Waals surface area contributed by atoms with E-state index in [1.54, 1.807) is 0 Å². The van der Waals surface area contributed by atoms with Crippen molar-refractivity contribution in [2.45, 2.75) is 36.6 Å². The summed E-state index contributed by atoms with van der Waals surface area (Å²) in [6.45, 7) is 1.01. The Labute approximate surface area is 75.6 Å². The van der Waals surface area contributed by atoms with Gasteiger partial charge in [-0.25, -0.2) is 0 Å². The summed E-state index contributed by atoms with van der Waals surface area (Å²) >= 11 is 3.82. The number of fused-ring (bicyclic) bond motifs is 2. The van der Waals surface area contributed by atoms with Gasteiger partial charge in [-0.05, 0) is 19.3 Å². The molecule has 0 amide bonds. The quantitative estimate of drug-likeness (QED) is 0.566. The molecular formula is C9H13BrO. The van der Waals surface area contributed by atoms with E-state index in [1.165, 1.54) is 25.7 Å². The average Bonchev–Trinajstić information content (AvgIpc) is 2.29. The van der Waals surface area contributed by atoms with Crippen LogP contribution in [0.4, 0.5) is 0 Å². The fourth-order valence-electron chi connectivity index (χ4n) is 3.11. The van der Waals surface area contributed by atoms with Crippen LogP contribution in [0, 0.1) is 11.3 Å². The van der Waals surface area contributed by atoms with Crippen molar-refractivity contribution in [2.24, 2.45) is 11.3 Å². The number of ether oxygens (including phenoxy) is 1. The van der Waals surface area contributed by atoms with Crippen LogP contribution in [0.25, 0.3) is 0 Å². The lowest BCUT2D eigenvalue weighted by Crippen LogP contribution is -2.63. The molecule has 1 saturated heterocycles. The minimum absolute atomic E-state index is 0.598. The fourth-order valence-corrected chi connectivity index (χ4v) is 4.37. The minimum Gasteiger partial charge on any atom is -0.377 e. The zero-order chi connectivity index (χ0) is 7.47. The van der Waals surface area contributed by atoms with Crippen molar-refractivity contribution in [3.05, 3.63) is 0 Å². The topological polar surface area (TPSA) is 9.23 Å². The van der Waals surface area contributed by atoms with E-state index in [0.717, 1.165) is 17.4 Å². The molecule has 3 rings (SSSR count). The van der Waals surface area contributed by atoms with Gasteiger partial charge in [-0.1, -0.05) is 22.4 Å². The van der Waals surface area contributed by atoms with Crippen molar-refractivity contribution in [1.29, 1.82) is 0 Å². The van der Waals surface area contributed by atoms with E-state index in [0.29, 0.717) is 11.5 Å². The normalized spacial score (nSPS) is 51.5. The molecule has 0 N–H and O–H groups in total. The second-order valence-electron chi connectivity index (χ2n) is 4.23. The van der Waals surface area contributed by atoms with Gasteiger partial charge in [0.2, 0.25) is 0 Å². The molecule has 2 heteroatoms. The van der Waals surface area contributed by atoms with E-state index in [9.17, 15) is 0 Å². The van der Waals surface area contributed by atoms with E-state index in [2.05, 4.69) is 15.9 Å². The van der Waals surface area contributed by atoms with E-state index in [1.807, 2.05) is 0 Å². The molecule has 0 aromatic carbocycles. The Bertz CT molecular complexity index is 188. The molecule has 0 aromatic heterocycles. The van der Waals surface area contributed by atoms with E-state index in [4.69, 9.17) is 4.74 Å². The molecule has 2 aliphatic carbocycles. The highest BCUT2D eigenvalue weighted by atomic mass is 79.9. The molecule has 1 nitrogen and oxygen atoms in total. The third-order valence-corrected chi connectivity index (χ3v) is 5.50. The highest BCUT2D eigenvalue weighted by molar-refractivity contribution is 9.09. The number of alkyl halides is 1. The number of rotatable bonds is 0. The maximum atomic E-state index is 5.75. The summed E-state index contributed by atoms with van der Waals surface area (Å²) in [6.07, 6.45) is 6.17. The largest absolute Gasteiger partial charge is 0.377 e. The Kier molecular flexibility index (Phi) is 1.27. The second kappa shape index (κ2) is 2.02. The zero-order valence-electron chi connectivity index (χ0n) is 6.55. The van der Waals surface area contributed by atoms with Crippen LogP contribution in [-0.2, 0) is 4.74 Å². The van der Waals surface area contributed by atoms with Gasteiger partial charge in [-0.2, -0.15) is 0 Å². The minimum atomic E-state index is 0.598. The van der Waals surface area contributed by atoms with E-state index in [-0.39, 0.29) is 0 Å². The van der Waals surface area contributed by atoms with Crippen molar-refractivity contribution >= 4 is 15.9 Å². The molecule has 3 aliphatic rings. The standard InChI is InChI=1S/C9H13BrO/c10-7-6-2-5-11-8(6)9(7)3-1-4-9/h6-8H,1-5H2/t6-,7-,8+/m1/s1. The predicted octanol–water partition coefficient (Wildman–Crippen LogP) is 2.34. The van der Waals surface area contributed by atoms with Crippen molar-refractivity contribution < 1.29 is 4.74 Å². The summed E-state index contributed by atoms with van der Waals surface area (Å²) in [5, 5.41) is 0. The molecule has 0 bridgehead atoms. The summed E-state index contributed by atoms with van der Waals surface area (Å²) in [4.78, 5) is 0.788. The monoisotopic (exact) mass is 216 g/mol. The molecule has 62 valence electrons. The lowest BCUT2D eigenvalue weighted by Gasteiger charge is -2.61. The highest BCUT2D eigenvalue weighted by Gasteiger charge is 2.65. The Balaban J connectivity index is 1.86. The van der Waals surface area contributed by atoms with Crippen LogP contribution in [0.5, 0.6) is 0 Å². The Hall–Kier alpha value is 0.440. The molecule has 2 saturated carbocycles. The first-order chi connectivity index (χ1) is 5.34. The van der Waals surface area contributed by atoms with Crippen LogP contribution >= 0.6 is 15.9 Å². The summed E-state index contributed by atoms with van der Waals surface area (Å²) in [6, 6.07) is 0. The van der Waals surface area contributed by atoms with E-state index < -0.39 is 0 Å². The SMILES string of the molecule is Br[C@@H]1[C@H]2CCO[C@@H]2C12CCC2. The van der Waals surface area contributed by atoms with Crippen LogP contribution in [0.15, 0.2) is 0 Å². The van der Waals surface area contributed by atoms with Gasteiger partial charge in [0.25, 0.3) is 0 Å². The summed E-state index contributed by atoms with van der Waals surface area (Å²) in [5.41, 5.74) is 0.598. The molecule has 0 unspecified atom stereocenters. The molecule has 1 aliphatic heterocycles. The average molecular weight is 217 g/mol. The first-order valence-corrected chi connectivity index (χ1v) is 5.52. The van der Waals surface area contributed by atoms with Crippen LogP contribution in [0.2, 0.25) is 0 Å². The third kappa shape index (κ3) is 0.627. The zero-order valence-corrected chi connectivity index (χ0v) is 8.14. The smallest absolute Gasteiger partial charge is 0.0681 e.